The standard InChI is InChI=1S/C11H12N4OS/c1-8-2-4-9(5-3-8)17-6-10(16)15-7-13-14-11(15)12/h2-5,7H,6H2,1H3,(H2,12,14). The molecule has 2 rings (SSSR count). The minimum Gasteiger partial charge on any atom is -0.368 e. The molecule has 0 aliphatic carbocycles. The molecule has 6 heteroatoms. The first-order chi connectivity index (χ1) is 8.16. The molecule has 0 aliphatic heterocycles. The van der Waals surface area contributed by atoms with E-state index in [0.29, 0.717) is 5.75 Å². The van der Waals surface area contributed by atoms with E-state index in [-0.39, 0.29) is 11.9 Å². The summed E-state index contributed by atoms with van der Waals surface area (Å²) in [6, 6.07) is 8.01. The molecule has 2 aromatic rings. The molecule has 0 unspecified atom stereocenters. The Balaban J connectivity index is 1.97. The third-order valence-corrected chi connectivity index (χ3v) is 3.22. The molecular weight excluding hydrogens is 236 g/mol. The lowest BCUT2D eigenvalue weighted by Gasteiger charge is -2.03. The van der Waals surface area contributed by atoms with Crippen molar-refractivity contribution >= 4 is 23.6 Å². The highest BCUT2D eigenvalue weighted by Gasteiger charge is 2.09. The van der Waals surface area contributed by atoms with E-state index in [1.165, 1.54) is 28.2 Å². The van der Waals surface area contributed by atoms with Crippen molar-refractivity contribution in [3.8, 4) is 0 Å². The van der Waals surface area contributed by atoms with E-state index in [1.54, 1.807) is 0 Å². The van der Waals surface area contributed by atoms with Gasteiger partial charge in [0.25, 0.3) is 0 Å². The van der Waals surface area contributed by atoms with Gasteiger partial charge < -0.3 is 5.73 Å². The number of anilines is 1. The first-order valence-corrected chi connectivity index (χ1v) is 6.03. The zero-order chi connectivity index (χ0) is 12.3. The lowest BCUT2D eigenvalue weighted by Crippen LogP contribution is -2.14. The van der Waals surface area contributed by atoms with Gasteiger partial charge in [-0.2, -0.15) is 0 Å². The maximum atomic E-state index is 11.7. The van der Waals surface area contributed by atoms with Crippen molar-refractivity contribution in [3.63, 3.8) is 0 Å². The van der Waals surface area contributed by atoms with Gasteiger partial charge in [0.1, 0.15) is 6.33 Å². The fraction of sp³-hybridized carbons (Fsp3) is 0.182. The SMILES string of the molecule is Cc1ccc(SCC(=O)n2cnnc2N)cc1. The van der Waals surface area contributed by atoms with Crippen LogP contribution in [0.5, 0.6) is 0 Å². The fourth-order valence-corrected chi connectivity index (χ4v) is 2.04. The van der Waals surface area contributed by atoms with Crippen LogP contribution in [0.3, 0.4) is 0 Å². The highest BCUT2D eigenvalue weighted by Crippen LogP contribution is 2.18. The molecule has 0 radical (unpaired) electrons. The topological polar surface area (TPSA) is 73.8 Å². The van der Waals surface area contributed by atoms with E-state index in [2.05, 4.69) is 10.2 Å². The van der Waals surface area contributed by atoms with Crippen LogP contribution in [-0.2, 0) is 0 Å². The molecule has 1 heterocycles. The van der Waals surface area contributed by atoms with Gasteiger partial charge in [0.2, 0.25) is 11.9 Å². The van der Waals surface area contributed by atoms with Gasteiger partial charge in [0, 0.05) is 4.90 Å². The molecule has 5 nitrogen and oxygen atoms in total. The van der Waals surface area contributed by atoms with Crippen molar-refractivity contribution in [2.75, 3.05) is 11.5 Å². The Bertz CT molecular complexity index is 521. The van der Waals surface area contributed by atoms with Crippen LogP contribution in [0.25, 0.3) is 0 Å². The molecule has 1 aromatic heterocycles. The molecule has 0 amide bonds. The van der Waals surface area contributed by atoms with Crippen LogP contribution in [0.1, 0.15) is 10.4 Å². The second-order valence-corrected chi connectivity index (χ2v) is 4.60. The number of nitrogens with zero attached hydrogens (tertiary/aromatic N) is 3. The van der Waals surface area contributed by atoms with E-state index >= 15 is 0 Å². The molecule has 17 heavy (non-hydrogen) atoms. The van der Waals surface area contributed by atoms with Crippen LogP contribution in [-0.4, -0.2) is 26.4 Å². The third kappa shape index (κ3) is 2.85. The number of hydrogen-bond donors (Lipinski definition) is 1. The quantitative estimate of drug-likeness (QED) is 0.835. The molecule has 0 fully saturated rings. The minimum absolute atomic E-state index is 0.125. The molecule has 0 bridgehead atoms. The minimum atomic E-state index is -0.127. The lowest BCUT2D eigenvalue weighted by molar-refractivity contribution is 0.0944. The molecule has 0 saturated carbocycles. The van der Waals surface area contributed by atoms with Gasteiger partial charge >= 0.3 is 0 Å². The van der Waals surface area contributed by atoms with Crippen molar-refractivity contribution in [2.45, 2.75) is 11.8 Å². The number of nitrogens with two attached hydrogens (primary N) is 1. The summed E-state index contributed by atoms with van der Waals surface area (Å²) in [6.07, 6.45) is 1.33. The number of carbonyl (C=O) groups excluding carboxylic acids is 1. The maximum absolute atomic E-state index is 11.7. The second kappa shape index (κ2) is 5.01. The first-order valence-electron chi connectivity index (χ1n) is 5.05. The Morgan fingerprint density at radius 2 is 2.12 bits per heavy atom. The van der Waals surface area contributed by atoms with Crippen LogP contribution in [0.4, 0.5) is 5.95 Å². The fourth-order valence-electron chi connectivity index (χ4n) is 1.29. The van der Waals surface area contributed by atoms with E-state index in [9.17, 15) is 4.79 Å². The van der Waals surface area contributed by atoms with Gasteiger partial charge in [-0.1, -0.05) is 17.7 Å². The zero-order valence-electron chi connectivity index (χ0n) is 9.33. The maximum Gasteiger partial charge on any atom is 0.245 e. The first kappa shape index (κ1) is 11.7. The molecule has 2 N–H and O–H groups in total. The summed E-state index contributed by atoms with van der Waals surface area (Å²) in [6.45, 7) is 2.03. The smallest absolute Gasteiger partial charge is 0.245 e. The monoisotopic (exact) mass is 248 g/mol. The molecule has 88 valence electrons. The summed E-state index contributed by atoms with van der Waals surface area (Å²) >= 11 is 1.46. The van der Waals surface area contributed by atoms with E-state index < -0.39 is 0 Å². The Morgan fingerprint density at radius 3 is 2.71 bits per heavy atom. The molecule has 1 aromatic carbocycles. The molecule has 0 atom stereocenters. The molecule has 0 aliphatic rings. The number of thioether (sulfide) groups is 1. The Hall–Kier alpha value is -1.82. The Morgan fingerprint density at radius 1 is 1.41 bits per heavy atom. The predicted molar refractivity (Wildman–Crippen MR) is 67.0 cm³/mol. The third-order valence-electron chi connectivity index (χ3n) is 2.23. The molecular formula is C11H12N4OS. The molecule has 0 spiro atoms. The van der Waals surface area contributed by atoms with Crippen LogP contribution < -0.4 is 5.73 Å². The number of nitrogen functional groups attached to an aromatic ring is 1. The van der Waals surface area contributed by atoms with E-state index in [1.807, 2.05) is 31.2 Å². The van der Waals surface area contributed by atoms with Crippen molar-refractivity contribution in [2.24, 2.45) is 0 Å². The normalized spacial score (nSPS) is 10.4. The Kier molecular flexibility index (Phi) is 3.43. The van der Waals surface area contributed by atoms with Gasteiger partial charge in [0.05, 0.1) is 5.75 Å². The van der Waals surface area contributed by atoms with Crippen LogP contribution in [0, 0.1) is 6.92 Å². The van der Waals surface area contributed by atoms with E-state index in [4.69, 9.17) is 5.73 Å². The molecule has 0 saturated heterocycles. The van der Waals surface area contributed by atoms with E-state index in [0.717, 1.165) is 4.90 Å². The highest BCUT2D eigenvalue weighted by atomic mass is 32.2. The average Bonchev–Trinajstić information content (AvgIpc) is 2.74. The number of hydrogen-bond acceptors (Lipinski definition) is 5. The second-order valence-electron chi connectivity index (χ2n) is 3.55. The Labute approximate surface area is 103 Å². The summed E-state index contributed by atoms with van der Waals surface area (Å²) in [5, 5.41) is 7.13. The van der Waals surface area contributed by atoms with Crippen molar-refractivity contribution in [1.82, 2.24) is 14.8 Å². The van der Waals surface area contributed by atoms with Crippen molar-refractivity contribution in [3.05, 3.63) is 36.2 Å². The zero-order valence-corrected chi connectivity index (χ0v) is 10.1. The summed E-state index contributed by atoms with van der Waals surface area (Å²) in [5.41, 5.74) is 6.69. The summed E-state index contributed by atoms with van der Waals surface area (Å²) in [5.74, 6) is 0.309. The number of aromatic nitrogens is 3. The predicted octanol–water partition coefficient (Wildman–Crippen LogP) is 1.60. The van der Waals surface area contributed by atoms with Crippen molar-refractivity contribution < 1.29 is 4.79 Å². The number of carbonyl (C=O) groups is 1. The summed E-state index contributed by atoms with van der Waals surface area (Å²) < 4.78 is 1.25. The van der Waals surface area contributed by atoms with Gasteiger partial charge in [0.15, 0.2) is 0 Å². The van der Waals surface area contributed by atoms with Gasteiger partial charge in [-0.15, -0.1) is 22.0 Å². The summed E-state index contributed by atoms with van der Waals surface area (Å²) in [7, 11) is 0. The average molecular weight is 248 g/mol. The van der Waals surface area contributed by atoms with Gasteiger partial charge in [-0.05, 0) is 19.1 Å². The lowest BCUT2D eigenvalue weighted by atomic mass is 10.2. The van der Waals surface area contributed by atoms with Crippen LogP contribution in [0.15, 0.2) is 35.5 Å². The largest absolute Gasteiger partial charge is 0.368 e. The van der Waals surface area contributed by atoms with Crippen molar-refractivity contribution in [1.29, 1.82) is 0 Å². The summed E-state index contributed by atoms with van der Waals surface area (Å²) in [4.78, 5) is 12.8. The number of rotatable bonds is 3. The highest BCUT2D eigenvalue weighted by molar-refractivity contribution is 8.00. The van der Waals surface area contributed by atoms with Crippen LogP contribution >= 0.6 is 11.8 Å². The van der Waals surface area contributed by atoms with Crippen LogP contribution in [0.2, 0.25) is 0 Å². The number of benzene rings is 1. The number of aryl methyl sites for hydroxylation is 1. The van der Waals surface area contributed by atoms with Gasteiger partial charge in [-0.3, -0.25) is 4.79 Å². The van der Waals surface area contributed by atoms with Gasteiger partial charge in [-0.25, -0.2) is 4.57 Å².